The van der Waals surface area contributed by atoms with Crippen molar-refractivity contribution in [3.8, 4) is 5.75 Å². The van der Waals surface area contributed by atoms with Gasteiger partial charge in [0, 0.05) is 29.1 Å². The van der Waals surface area contributed by atoms with Crippen molar-refractivity contribution in [3.63, 3.8) is 0 Å². The van der Waals surface area contributed by atoms with Gasteiger partial charge in [-0.05, 0) is 98.2 Å². The van der Waals surface area contributed by atoms with Crippen molar-refractivity contribution < 1.29 is 36.2 Å². The van der Waals surface area contributed by atoms with E-state index in [0.717, 1.165) is 49.3 Å². The molecule has 12 heteroatoms. The average Bonchev–Trinajstić information content (AvgIpc) is 3.06. The van der Waals surface area contributed by atoms with Crippen LogP contribution in [0.15, 0.2) is 48.6 Å². The van der Waals surface area contributed by atoms with E-state index in [-0.39, 0.29) is 29.2 Å². The first-order valence-corrected chi connectivity index (χ1v) is 16.6. The van der Waals surface area contributed by atoms with Crippen LogP contribution in [0.1, 0.15) is 60.0 Å². The molecule has 4 aliphatic rings. The number of sulfonamides is 1. The highest BCUT2D eigenvalue weighted by molar-refractivity contribution is 7.90. The third kappa shape index (κ3) is 5.88. The number of benzene rings is 2. The number of hydrogen-bond acceptors (Lipinski definition) is 6. The van der Waals surface area contributed by atoms with Gasteiger partial charge in [-0.1, -0.05) is 29.8 Å². The Kier molecular flexibility index (Phi) is 7.96. The summed E-state index contributed by atoms with van der Waals surface area (Å²) in [5.74, 6) is -0.576. The number of fused-ring (bicyclic) bond motifs is 4. The van der Waals surface area contributed by atoms with Crippen LogP contribution in [-0.4, -0.2) is 56.7 Å². The second kappa shape index (κ2) is 11.3. The first kappa shape index (κ1) is 30.3. The van der Waals surface area contributed by atoms with Crippen molar-refractivity contribution in [1.82, 2.24) is 4.72 Å². The summed E-state index contributed by atoms with van der Waals surface area (Å²) < 4.78 is 75.2. The highest BCUT2D eigenvalue weighted by Gasteiger charge is 2.49. The van der Waals surface area contributed by atoms with Crippen molar-refractivity contribution in [2.75, 3.05) is 24.6 Å². The summed E-state index contributed by atoms with van der Waals surface area (Å²) >= 11 is 6.33. The van der Waals surface area contributed by atoms with E-state index in [4.69, 9.17) is 16.3 Å². The van der Waals surface area contributed by atoms with E-state index in [9.17, 15) is 31.5 Å². The molecule has 5 atom stereocenters. The van der Waals surface area contributed by atoms with Crippen molar-refractivity contribution in [1.29, 1.82) is 0 Å². The van der Waals surface area contributed by atoms with Gasteiger partial charge in [-0.25, -0.2) is 13.1 Å². The van der Waals surface area contributed by atoms with Gasteiger partial charge in [0.25, 0.3) is 5.91 Å². The smallest absolute Gasteiger partial charge is 0.407 e. The Morgan fingerprint density at radius 2 is 1.88 bits per heavy atom. The first-order valence-electron chi connectivity index (χ1n) is 14.6. The van der Waals surface area contributed by atoms with Crippen LogP contribution in [0.3, 0.4) is 0 Å². The van der Waals surface area contributed by atoms with Gasteiger partial charge < -0.3 is 14.7 Å². The number of alkyl halides is 3. The van der Waals surface area contributed by atoms with E-state index >= 15 is 0 Å². The SMILES string of the molecule is O=C1NS(=O)(=O)[C@H](C(F)(F)F)C/C=C\C[C@H](O)[C@@H]2CC[C@H]2CN2C[C@@]3(CCCc4cc(Cl)ccc43)COc3ccc1cc32. The molecule has 2 heterocycles. The lowest BCUT2D eigenvalue weighted by Gasteiger charge is -2.45. The summed E-state index contributed by atoms with van der Waals surface area (Å²) in [4.78, 5) is 15.3. The molecule has 1 amide bonds. The summed E-state index contributed by atoms with van der Waals surface area (Å²) in [6, 6.07) is 10.4. The second-order valence-electron chi connectivity index (χ2n) is 12.3. The number of ether oxygens (including phenoxy) is 1. The quantitative estimate of drug-likeness (QED) is 0.368. The molecule has 0 unspecified atom stereocenters. The molecule has 2 bridgehead atoms. The topological polar surface area (TPSA) is 95.9 Å². The number of aliphatic hydroxyl groups is 1. The standard InChI is InChI=1S/C31H34ClF3N2O5S/c32-22-9-11-24-19(14-22)4-3-13-30(24)17-37-16-21-7-10-23(21)26(38)5-1-2-6-28(31(33,34)35)43(40,41)36-29(39)20-8-12-27(42-18-30)25(37)15-20/h1-2,8-9,11-12,14-15,21,23,26,28,38H,3-7,10,13,16-18H2,(H,36,39)/b2-1-/t21-,23+,26-,28-,30-/m0/s1. The Morgan fingerprint density at radius 1 is 1.09 bits per heavy atom. The zero-order valence-corrected chi connectivity index (χ0v) is 25.0. The lowest BCUT2D eigenvalue weighted by molar-refractivity contribution is -0.129. The highest BCUT2D eigenvalue weighted by atomic mass is 35.5. The lowest BCUT2D eigenvalue weighted by Crippen LogP contribution is -2.49. The van der Waals surface area contributed by atoms with Crippen LogP contribution < -0.4 is 14.4 Å². The molecule has 2 aromatic carbocycles. The van der Waals surface area contributed by atoms with Crippen molar-refractivity contribution in [2.45, 2.75) is 67.9 Å². The maximum Gasteiger partial charge on any atom is 0.407 e. The largest absolute Gasteiger partial charge is 0.490 e. The van der Waals surface area contributed by atoms with Crippen LogP contribution in [0.25, 0.3) is 0 Å². The van der Waals surface area contributed by atoms with E-state index in [1.165, 1.54) is 18.2 Å². The maximum atomic E-state index is 13.8. The first-order chi connectivity index (χ1) is 20.4. The summed E-state index contributed by atoms with van der Waals surface area (Å²) in [5, 5.41) is 8.84. The van der Waals surface area contributed by atoms with Crippen LogP contribution in [-0.2, 0) is 21.9 Å². The fourth-order valence-corrected chi connectivity index (χ4v) is 8.62. The minimum atomic E-state index is -5.12. The zero-order chi connectivity index (χ0) is 30.6. The normalized spacial score (nSPS) is 31.5. The monoisotopic (exact) mass is 638 g/mol. The molecule has 6 rings (SSSR count). The number of allylic oxidation sites excluding steroid dienone is 1. The number of carbonyl (C=O) groups is 1. The Hall–Kier alpha value is -2.76. The number of amides is 1. The number of carbonyl (C=O) groups excluding carboxylic acids is 1. The molecule has 2 aromatic rings. The van der Waals surface area contributed by atoms with E-state index in [0.29, 0.717) is 36.2 Å². The van der Waals surface area contributed by atoms with Crippen LogP contribution >= 0.6 is 11.6 Å². The van der Waals surface area contributed by atoms with E-state index in [2.05, 4.69) is 11.0 Å². The summed E-state index contributed by atoms with van der Waals surface area (Å²) in [7, 11) is -5.12. The molecule has 43 heavy (non-hydrogen) atoms. The molecule has 0 radical (unpaired) electrons. The predicted octanol–water partition coefficient (Wildman–Crippen LogP) is 5.54. The second-order valence-corrected chi connectivity index (χ2v) is 14.6. The number of anilines is 1. The number of hydrogen-bond donors (Lipinski definition) is 2. The van der Waals surface area contributed by atoms with Gasteiger partial charge in [-0.3, -0.25) is 4.79 Å². The number of nitrogens with zero attached hydrogens (tertiary/aromatic N) is 1. The summed E-state index contributed by atoms with van der Waals surface area (Å²) in [5.41, 5.74) is 2.42. The lowest BCUT2D eigenvalue weighted by atomic mass is 9.68. The minimum absolute atomic E-state index is 0.0628. The van der Waals surface area contributed by atoms with Gasteiger partial charge in [0.05, 0.1) is 18.4 Å². The van der Waals surface area contributed by atoms with Crippen LogP contribution in [0.5, 0.6) is 5.75 Å². The maximum absolute atomic E-state index is 13.8. The van der Waals surface area contributed by atoms with Crippen molar-refractivity contribution in [2.24, 2.45) is 11.8 Å². The van der Waals surface area contributed by atoms with E-state index < -0.39 is 39.9 Å². The van der Waals surface area contributed by atoms with Crippen LogP contribution in [0.2, 0.25) is 5.02 Å². The number of aliphatic hydroxyl groups excluding tert-OH is 1. The minimum Gasteiger partial charge on any atom is -0.490 e. The molecule has 0 saturated heterocycles. The molecule has 232 valence electrons. The van der Waals surface area contributed by atoms with Gasteiger partial charge in [0.1, 0.15) is 5.75 Å². The van der Waals surface area contributed by atoms with Crippen LogP contribution in [0.4, 0.5) is 18.9 Å². The zero-order valence-electron chi connectivity index (χ0n) is 23.4. The molecule has 2 aliphatic carbocycles. The predicted molar refractivity (Wildman–Crippen MR) is 157 cm³/mol. The molecular formula is C31H34ClF3N2O5S. The number of rotatable bonds is 0. The van der Waals surface area contributed by atoms with Crippen molar-refractivity contribution >= 4 is 33.2 Å². The summed E-state index contributed by atoms with van der Waals surface area (Å²) in [6.45, 7) is 1.50. The summed E-state index contributed by atoms with van der Waals surface area (Å²) in [6.07, 6.45) is 0.248. The Bertz CT molecular complexity index is 1550. The average molecular weight is 639 g/mol. The third-order valence-corrected chi connectivity index (χ3v) is 11.5. The fraction of sp³-hybridized carbons (Fsp3) is 0.516. The Balaban J connectivity index is 1.42. The van der Waals surface area contributed by atoms with Crippen molar-refractivity contribution in [3.05, 3.63) is 70.3 Å². The highest BCUT2D eigenvalue weighted by Crippen LogP contribution is 2.47. The molecule has 2 N–H and O–H groups in total. The van der Waals surface area contributed by atoms with E-state index in [1.807, 2.05) is 12.1 Å². The molecule has 1 fully saturated rings. The van der Waals surface area contributed by atoms with Gasteiger partial charge in [0.2, 0.25) is 10.0 Å². The van der Waals surface area contributed by atoms with Gasteiger partial charge in [0.15, 0.2) is 5.25 Å². The third-order valence-electron chi connectivity index (χ3n) is 9.59. The molecule has 0 aromatic heterocycles. The number of aryl methyl sites for hydroxylation is 1. The van der Waals surface area contributed by atoms with Gasteiger partial charge >= 0.3 is 6.18 Å². The fourth-order valence-electron chi connectivity index (χ4n) is 7.19. The van der Waals surface area contributed by atoms with Gasteiger partial charge in [-0.15, -0.1) is 0 Å². The number of nitrogens with one attached hydrogen (secondary N) is 1. The van der Waals surface area contributed by atoms with Gasteiger partial charge in [-0.2, -0.15) is 13.2 Å². The molecule has 1 spiro atoms. The Labute approximate surface area is 254 Å². The molecule has 1 saturated carbocycles. The molecule has 7 nitrogen and oxygen atoms in total. The Morgan fingerprint density at radius 3 is 2.63 bits per heavy atom. The molecule has 2 aliphatic heterocycles. The number of halogens is 4. The molecular weight excluding hydrogens is 605 g/mol. The van der Waals surface area contributed by atoms with E-state index in [1.54, 1.807) is 10.8 Å². The van der Waals surface area contributed by atoms with Crippen LogP contribution in [0, 0.1) is 11.8 Å².